The van der Waals surface area contributed by atoms with Gasteiger partial charge in [0.1, 0.15) is 11.7 Å². The zero-order chi connectivity index (χ0) is 15.1. The van der Waals surface area contributed by atoms with Crippen molar-refractivity contribution in [3.63, 3.8) is 0 Å². The predicted octanol–water partition coefficient (Wildman–Crippen LogP) is 1.07. The van der Waals surface area contributed by atoms with Crippen molar-refractivity contribution in [2.45, 2.75) is 20.3 Å². The number of carbonyl (C=O) groups is 1. The number of nitrogens with zero attached hydrogens (tertiary/aromatic N) is 1. The average Bonchev–Trinajstić information content (AvgIpc) is 2.40. The van der Waals surface area contributed by atoms with Crippen molar-refractivity contribution in [3.05, 3.63) is 29.8 Å². The maximum absolute atomic E-state index is 12.0. The summed E-state index contributed by atoms with van der Waals surface area (Å²) in [7, 11) is 0. The summed E-state index contributed by atoms with van der Waals surface area (Å²) in [6.07, 6.45) is 0.646. The van der Waals surface area contributed by atoms with Crippen LogP contribution in [0.2, 0.25) is 0 Å². The Morgan fingerprint density at radius 1 is 1.35 bits per heavy atom. The molecule has 0 aliphatic carbocycles. The normalized spacial score (nSPS) is 13.2. The molecule has 5 N–H and O–H groups in total. The van der Waals surface area contributed by atoms with E-state index in [9.17, 15) is 9.90 Å². The van der Waals surface area contributed by atoms with Crippen LogP contribution in [-0.4, -0.2) is 28.6 Å². The van der Waals surface area contributed by atoms with Crippen molar-refractivity contribution < 1.29 is 15.1 Å². The zero-order valence-electron chi connectivity index (χ0n) is 11.7. The molecule has 0 saturated carbocycles. The van der Waals surface area contributed by atoms with Gasteiger partial charge in [0.05, 0.1) is 0 Å². The number of phenols is 1. The maximum Gasteiger partial charge on any atom is 0.231 e. The van der Waals surface area contributed by atoms with Crippen LogP contribution in [0, 0.1) is 11.8 Å². The monoisotopic (exact) mass is 279 g/mol. The van der Waals surface area contributed by atoms with Crippen LogP contribution >= 0.6 is 0 Å². The van der Waals surface area contributed by atoms with E-state index in [0.717, 1.165) is 5.56 Å². The predicted molar refractivity (Wildman–Crippen MR) is 76.6 cm³/mol. The van der Waals surface area contributed by atoms with Crippen molar-refractivity contribution in [1.82, 2.24) is 5.32 Å². The average molecular weight is 279 g/mol. The number of hydrogen-bond donors (Lipinski definition) is 4. The first-order chi connectivity index (χ1) is 9.45. The number of hydrogen-bond acceptors (Lipinski definition) is 4. The van der Waals surface area contributed by atoms with Gasteiger partial charge in [-0.05, 0) is 30.0 Å². The number of carbonyl (C=O) groups excluding carboxylic acids is 1. The Hall–Kier alpha value is -2.24. The molecule has 0 saturated heterocycles. The largest absolute Gasteiger partial charge is 0.508 e. The molecule has 1 amide bonds. The number of rotatable bonds is 6. The highest BCUT2D eigenvalue weighted by molar-refractivity contribution is 6.02. The highest BCUT2D eigenvalue weighted by Gasteiger charge is 2.26. The molecule has 0 aliphatic rings. The minimum atomic E-state index is -0.639. The van der Waals surface area contributed by atoms with Crippen molar-refractivity contribution in [2.75, 3.05) is 6.54 Å². The highest BCUT2D eigenvalue weighted by atomic mass is 16.4. The molecule has 1 aromatic rings. The molecule has 6 nitrogen and oxygen atoms in total. The van der Waals surface area contributed by atoms with Crippen LogP contribution in [0.3, 0.4) is 0 Å². The number of phenolic OH excluding ortho intramolecular Hbond substituents is 1. The van der Waals surface area contributed by atoms with Crippen LogP contribution in [0.4, 0.5) is 0 Å². The summed E-state index contributed by atoms with van der Waals surface area (Å²) >= 11 is 0. The topological polar surface area (TPSA) is 108 Å². The minimum absolute atomic E-state index is 0.0560. The third-order valence-electron chi connectivity index (χ3n) is 3.03. The van der Waals surface area contributed by atoms with Crippen LogP contribution in [0.1, 0.15) is 19.4 Å². The molecular formula is C14H21N3O3. The molecule has 0 aliphatic heterocycles. The van der Waals surface area contributed by atoms with Gasteiger partial charge in [0.25, 0.3) is 0 Å². The first-order valence-corrected chi connectivity index (χ1v) is 6.48. The van der Waals surface area contributed by atoms with E-state index < -0.39 is 5.92 Å². The van der Waals surface area contributed by atoms with E-state index in [2.05, 4.69) is 10.5 Å². The van der Waals surface area contributed by atoms with Gasteiger partial charge < -0.3 is 21.4 Å². The van der Waals surface area contributed by atoms with E-state index in [1.807, 2.05) is 13.8 Å². The molecule has 0 bridgehead atoms. The second-order valence-electron chi connectivity index (χ2n) is 4.95. The van der Waals surface area contributed by atoms with Crippen molar-refractivity contribution in [1.29, 1.82) is 0 Å². The van der Waals surface area contributed by atoms with E-state index in [1.54, 1.807) is 24.3 Å². The Morgan fingerprint density at radius 2 is 1.95 bits per heavy atom. The van der Waals surface area contributed by atoms with Crippen LogP contribution < -0.4 is 11.1 Å². The van der Waals surface area contributed by atoms with Crippen molar-refractivity contribution in [2.24, 2.45) is 22.7 Å². The lowest BCUT2D eigenvalue weighted by Gasteiger charge is -2.18. The molecule has 1 rings (SSSR count). The second kappa shape index (κ2) is 7.37. The number of oxime groups is 1. The van der Waals surface area contributed by atoms with Gasteiger partial charge in [-0.25, -0.2) is 0 Å². The van der Waals surface area contributed by atoms with Gasteiger partial charge in [0.2, 0.25) is 5.91 Å². The summed E-state index contributed by atoms with van der Waals surface area (Å²) in [5.74, 6) is -0.819. The van der Waals surface area contributed by atoms with Gasteiger partial charge in [-0.1, -0.05) is 31.1 Å². The Morgan fingerprint density at radius 3 is 2.45 bits per heavy atom. The minimum Gasteiger partial charge on any atom is -0.508 e. The van der Waals surface area contributed by atoms with Gasteiger partial charge >= 0.3 is 0 Å². The second-order valence-corrected chi connectivity index (χ2v) is 4.95. The van der Waals surface area contributed by atoms with E-state index in [0.29, 0.717) is 13.0 Å². The lowest BCUT2D eigenvalue weighted by molar-refractivity contribution is -0.124. The summed E-state index contributed by atoms with van der Waals surface area (Å²) in [6, 6.07) is 6.80. The molecule has 6 heteroatoms. The summed E-state index contributed by atoms with van der Waals surface area (Å²) in [5, 5.41) is 23.5. The molecule has 1 atom stereocenters. The summed E-state index contributed by atoms with van der Waals surface area (Å²) < 4.78 is 0. The number of amidine groups is 1. The summed E-state index contributed by atoms with van der Waals surface area (Å²) in [5.41, 5.74) is 6.54. The fourth-order valence-electron chi connectivity index (χ4n) is 1.94. The van der Waals surface area contributed by atoms with Crippen LogP contribution in [-0.2, 0) is 11.2 Å². The molecule has 1 unspecified atom stereocenters. The van der Waals surface area contributed by atoms with E-state index in [1.165, 1.54) is 0 Å². The molecule has 0 heterocycles. The van der Waals surface area contributed by atoms with E-state index in [-0.39, 0.29) is 23.4 Å². The first-order valence-electron chi connectivity index (χ1n) is 6.48. The van der Waals surface area contributed by atoms with Crippen molar-refractivity contribution in [3.8, 4) is 5.75 Å². The van der Waals surface area contributed by atoms with Crippen LogP contribution in [0.5, 0.6) is 5.75 Å². The molecule has 1 aromatic carbocycles. The fourth-order valence-corrected chi connectivity index (χ4v) is 1.94. The number of aromatic hydroxyl groups is 1. The van der Waals surface area contributed by atoms with E-state index in [4.69, 9.17) is 10.9 Å². The SMILES string of the molecule is CC(C)C(C(=O)NCCc1ccc(O)cc1)C(N)=NO. The van der Waals surface area contributed by atoms with Gasteiger partial charge in [-0.2, -0.15) is 0 Å². The standard InChI is InChI=1S/C14H21N3O3/c1-9(2)12(13(15)17-20)14(19)16-8-7-10-3-5-11(18)6-4-10/h3-6,9,12,18,20H,7-8H2,1-2H3,(H2,15,17)(H,16,19). The van der Waals surface area contributed by atoms with Gasteiger partial charge in [-0.3, -0.25) is 4.79 Å². The lowest BCUT2D eigenvalue weighted by Crippen LogP contribution is -2.42. The smallest absolute Gasteiger partial charge is 0.231 e. The molecule has 0 fully saturated rings. The van der Waals surface area contributed by atoms with Gasteiger partial charge in [0.15, 0.2) is 5.84 Å². The molecular weight excluding hydrogens is 258 g/mol. The number of nitrogens with one attached hydrogen (secondary N) is 1. The molecule has 0 radical (unpaired) electrons. The first kappa shape index (κ1) is 15.8. The Balaban J connectivity index is 2.51. The lowest BCUT2D eigenvalue weighted by atomic mass is 9.94. The van der Waals surface area contributed by atoms with Crippen molar-refractivity contribution >= 4 is 11.7 Å². The number of amides is 1. The molecule has 0 aromatic heterocycles. The highest BCUT2D eigenvalue weighted by Crippen LogP contribution is 2.12. The third kappa shape index (κ3) is 4.46. The van der Waals surface area contributed by atoms with Crippen LogP contribution in [0.15, 0.2) is 29.4 Å². The Labute approximate surface area is 118 Å². The fraction of sp³-hybridized carbons (Fsp3) is 0.429. The van der Waals surface area contributed by atoms with Gasteiger partial charge in [-0.15, -0.1) is 0 Å². The number of nitrogens with two attached hydrogens (primary N) is 1. The summed E-state index contributed by atoms with van der Waals surface area (Å²) in [6.45, 7) is 4.12. The summed E-state index contributed by atoms with van der Waals surface area (Å²) in [4.78, 5) is 12.0. The molecule has 110 valence electrons. The molecule has 0 spiro atoms. The Bertz CT molecular complexity index is 469. The van der Waals surface area contributed by atoms with Gasteiger partial charge in [0, 0.05) is 6.54 Å². The Kier molecular flexibility index (Phi) is 5.83. The zero-order valence-corrected chi connectivity index (χ0v) is 11.7. The molecule has 20 heavy (non-hydrogen) atoms. The number of benzene rings is 1. The van der Waals surface area contributed by atoms with E-state index >= 15 is 0 Å². The third-order valence-corrected chi connectivity index (χ3v) is 3.03. The maximum atomic E-state index is 12.0. The van der Waals surface area contributed by atoms with Crippen LogP contribution in [0.25, 0.3) is 0 Å². The quantitative estimate of drug-likeness (QED) is 0.270.